The van der Waals surface area contributed by atoms with Gasteiger partial charge in [-0.05, 0) is 32.4 Å². The normalized spacial score (nSPS) is 29.7. The lowest BCUT2D eigenvalue weighted by atomic mass is 10.2. The third kappa shape index (κ3) is 2.33. The highest BCUT2D eigenvalue weighted by atomic mass is 16.5. The Hall–Kier alpha value is -0.0800. The summed E-state index contributed by atoms with van der Waals surface area (Å²) in [5, 5.41) is 3.33. The van der Waals surface area contributed by atoms with Crippen molar-refractivity contribution in [1.29, 1.82) is 0 Å². The molecule has 1 saturated heterocycles. The van der Waals surface area contributed by atoms with Crippen molar-refractivity contribution in [3.8, 4) is 0 Å². The summed E-state index contributed by atoms with van der Waals surface area (Å²) >= 11 is 0. The number of methoxy groups -OCH3 is 1. The van der Waals surface area contributed by atoms with Crippen LogP contribution >= 0.6 is 0 Å². The van der Waals surface area contributed by atoms with Crippen LogP contribution in [0.25, 0.3) is 0 Å². The molecule has 0 unspecified atom stereocenters. The SMILES string of the molecule is CO[C@@H]1CCCNCC1. The Morgan fingerprint density at radius 3 is 3.00 bits per heavy atom. The quantitative estimate of drug-likeness (QED) is 0.564. The Morgan fingerprint density at radius 2 is 2.22 bits per heavy atom. The van der Waals surface area contributed by atoms with Gasteiger partial charge in [0.05, 0.1) is 6.10 Å². The van der Waals surface area contributed by atoms with Gasteiger partial charge < -0.3 is 10.1 Å². The Bertz CT molecular complexity index is 67.3. The van der Waals surface area contributed by atoms with Crippen LogP contribution in [0.15, 0.2) is 0 Å². The highest BCUT2D eigenvalue weighted by molar-refractivity contribution is 4.65. The molecule has 1 fully saturated rings. The van der Waals surface area contributed by atoms with Gasteiger partial charge in [-0.3, -0.25) is 0 Å². The maximum absolute atomic E-state index is 5.23. The third-order valence-electron chi connectivity index (χ3n) is 1.86. The van der Waals surface area contributed by atoms with E-state index < -0.39 is 0 Å². The van der Waals surface area contributed by atoms with Crippen molar-refractivity contribution in [3.63, 3.8) is 0 Å². The molecule has 0 amide bonds. The molecular weight excluding hydrogens is 114 g/mol. The topological polar surface area (TPSA) is 21.3 Å². The van der Waals surface area contributed by atoms with Crippen molar-refractivity contribution >= 4 is 0 Å². The predicted molar refractivity (Wildman–Crippen MR) is 37.5 cm³/mol. The van der Waals surface area contributed by atoms with Crippen LogP contribution in [-0.4, -0.2) is 26.3 Å². The Balaban J connectivity index is 2.18. The smallest absolute Gasteiger partial charge is 0.0584 e. The minimum atomic E-state index is 0.514. The fourth-order valence-electron chi connectivity index (χ4n) is 1.22. The Labute approximate surface area is 56.6 Å². The van der Waals surface area contributed by atoms with Crippen LogP contribution in [0.2, 0.25) is 0 Å². The number of hydrogen-bond donors (Lipinski definition) is 1. The van der Waals surface area contributed by atoms with Crippen molar-refractivity contribution in [1.82, 2.24) is 5.32 Å². The first-order chi connectivity index (χ1) is 4.43. The molecule has 0 aliphatic carbocycles. The Morgan fingerprint density at radius 1 is 1.33 bits per heavy atom. The number of nitrogens with one attached hydrogen (secondary N) is 1. The molecule has 1 heterocycles. The zero-order valence-electron chi connectivity index (χ0n) is 6.02. The lowest BCUT2D eigenvalue weighted by molar-refractivity contribution is 0.0928. The first-order valence-corrected chi connectivity index (χ1v) is 3.67. The van der Waals surface area contributed by atoms with Gasteiger partial charge in [0, 0.05) is 7.11 Å². The standard InChI is InChI=1S/C7H15NO/c1-9-7-3-2-5-8-6-4-7/h7-8H,2-6H2,1H3/t7-/m1/s1. The molecule has 1 aliphatic heterocycles. The molecule has 1 N–H and O–H groups in total. The monoisotopic (exact) mass is 129 g/mol. The molecule has 54 valence electrons. The van der Waals surface area contributed by atoms with Crippen LogP contribution in [0.5, 0.6) is 0 Å². The first kappa shape index (κ1) is 7.03. The Kier molecular flexibility index (Phi) is 3.01. The summed E-state index contributed by atoms with van der Waals surface area (Å²) in [6, 6.07) is 0. The molecule has 0 aromatic rings. The van der Waals surface area contributed by atoms with E-state index in [9.17, 15) is 0 Å². The van der Waals surface area contributed by atoms with Crippen LogP contribution in [0.1, 0.15) is 19.3 Å². The number of hydrogen-bond acceptors (Lipinski definition) is 2. The minimum Gasteiger partial charge on any atom is -0.381 e. The van der Waals surface area contributed by atoms with Gasteiger partial charge in [0.2, 0.25) is 0 Å². The summed E-state index contributed by atoms with van der Waals surface area (Å²) in [5.41, 5.74) is 0. The van der Waals surface area contributed by atoms with Crippen molar-refractivity contribution in [2.24, 2.45) is 0 Å². The van der Waals surface area contributed by atoms with E-state index in [2.05, 4.69) is 5.32 Å². The van der Waals surface area contributed by atoms with Crippen LogP contribution in [0, 0.1) is 0 Å². The molecule has 2 heteroatoms. The van der Waals surface area contributed by atoms with E-state index in [4.69, 9.17) is 4.74 Å². The second kappa shape index (κ2) is 3.85. The fraction of sp³-hybridized carbons (Fsp3) is 1.00. The molecule has 9 heavy (non-hydrogen) atoms. The van der Waals surface area contributed by atoms with E-state index in [0.717, 1.165) is 6.54 Å². The van der Waals surface area contributed by atoms with Gasteiger partial charge in [-0.2, -0.15) is 0 Å². The molecule has 0 aromatic heterocycles. The van der Waals surface area contributed by atoms with Crippen LogP contribution in [-0.2, 0) is 4.74 Å². The van der Waals surface area contributed by atoms with Crippen molar-refractivity contribution in [2.45, 2.75) is 25.4 Å². The van der Waals surface area contributed by atoms with E-state index in [1.165, 1.54) is 25.8 Å². The third-order valence-corrected chi connectivity index (χ3v) is 1.86. The van der Waals surface area contributed by atoms with Gasteiger partial charge >= 0.3 is 0 Å². The fourth-order valence-corrected chi connectivity index (χ4v) is 1.22. The van der Waals surface area contributed by atoms with Crippen molar-refractivity contribution in [3.05, 3.63) is 0 Å². The molecule has 1 aliphatic rings. The van der Waals surface area contributed by atoms with E-state index in [1.807, 2.05) is 0 Å². The summed E-state index contributed by atoms with van der Waals surface area (Å²) in [7, 11) is 1.80. The lowest BCUT2D eigenvalue weighted by Gasteiger charge is -2.09. The maximum Gasteiger partial charge on any atom is 0.0584 e. The highest BCUT2D eigenvalue weighted by Gasteiger charge is 2.08. The van der Waals surface area contributed by atoms with E-state index in [-0.39, 0.29) is 0 Å². The summed E-state index contributed by atoms with van der Waals surface area (Å²) in [5.74, 6) is 0. The number of rotatable bonds is 1. The minimum absolute atomic E-state index is 0.514. The highest BCUT2D eigenvalue weighted by Crippen LogP contribution is 2.07. The summed E-state index contributed by atoms with van der Waals surface area (Å²) in [6.07, 6.45) is 4.18. The lowest BCUT2D eigenvalue weighted by Crippen LogP contribution is -2.16. The predicted octanol–water partition coefficient (Wildman–Crippen LogP) is 0.775. The van der Waals surface area contributed by atoms with Crippen LogP contribution in [0.3, 0.4) is 0 Å². The first-order valence-electron chi connectivity index (χ1n) is 3.67. The largest absolute Gasteiger partial charge is 0.381 e. The van der Waals surface area contributed by atoms with E-state index in [1.54, 1.807) is 7.11 Å². The zero-order valence-corrected chi connectivity index (χ0v) is 6.02. The van der Waals surface area contributed by atoms with Crippen LogP contribution < -0.4 is 5.32 Å². The average Bonchev–Trinajstić information content (AvgIpc) is 2.13. The summed E-state index contributed by atoms with van der Waals surface area (Å²) in [4.78, 5) is 0. The van der Waals surface area contributed by atoms with Crippen molar-refractivity contribution < 1.29 is 4.74 Å². The van der Waals surface area contributed by atoms with E-state index >= 15 is 0 Å². The number of ether oxygens (including phenoxy) is 1. The molecule has 0 spiro atoms. The van der Waals surface area contributed by atoms with Crippen molar-refractivity contribution in [2.75, 3.05) is 20.2 Å². The second-order valence-electron chi connectivity index (χ2n) is 2.54. The maximum atomic E-state index is 5.23. The van der Waals surface area contributed by atoms with Gasteiger partial charge in [0.1, 0.15) is 0 Å². The van der Waals surface area contributed by atoms with Gasteiger partial charge in [-0.15, -0.1) is 0 Å². The molecule has 0 bridgehead atoms. The molecule has 1 atom stereocenters. The summed E-state index contributed by atoms with van der Waals surface area (Å²) < 4.78 is 5.23. The molecule has 0 saturated carbocycles. The summed E-state index contributed by atoms with van der Waals surface area (Å²) in [6.45, 7) is 2.29. The average molecular weight is 129 g/mol. The molecular formula is C7H15NO. The van der Waals surface area contributed by atoms with Gasteiger partial charge in [0.15, 0.2) is 0 Å². The molecule has 1 rings (SSSR count). The van der Waals surface area contributed by atoms with E-state index in [0.29, 0.717) is 6.10 Å². The molecule has 0 radical (unpaired) electrons. The molecule has 0 aromatic carbocycles. The van der Waals surface area contributed by atoms with Crippen LogP contribution in [0.4, 0.5) is 0 Å². The molecule has 2 nitrogen and oxygen atoms in total. The van der Waals surface area contributed by atoms with Gasteiger partial charge in [-0.1, -0.05) is 0 Å². The zero-order chi connectivity index (χ0) is 6.53. The second-order valence-corrected chi connectivity index (χ2v) is 2.54. The van der Waals surface area contributed by atoms with Gasteiger partial charge in [0.25, 0.3) is 0 Å². The van der Waals surface area contributed by atoms with Gasteiger partial charge in [-0.25, -0.2) is 0 Å².